The Labute approximate surface area is 100 Å². The van der Waals surface area contributed by atoms with E-state index in [0.29, 0.717) is 11.5 Å². The van der Waals surface area contributed by atoms with Crippen LogP contribution in [-0.4, -0.2) is 9.78 Å². The van der Waals surface area contributed by atoms with Crippen molar-refractivity contribution in [1.29, 1.82) is 5.26 Å². The van der Waals surface area contributed by atoms with E-state index in [1.54, 1.807) is 0 Å². The van der Waals surface area contributed by atoms with Crippen LogP contribution in [0, 0.1) is 18.3 Å². The van der Waals surface area contributed by atoms with Gasteiger partial charge in [0.05, 0.1) is 16.9 Å². The predicted molar refractivity (Wildman–Crippen MR) is 65.0 cm³/mol. The zero-order valence-electron chi connectivity index (χ0n) is 9.72. The van der Waals surface area contributed by atoms with Crippen molar-refractivity contribution < 1.29 is 0 Å². The monoisotopic (exact) mass is 223 g/mol. The summed E-state index contributed by atoms with van der Waals surface area (Å²) < 4.78 is 1.83. The lowest BCUT2D eigenvalue weighted by Crippen LogP contribution is -2.01. The molecule has 1 aliphatic carbocycles. The van der Waals surface area contributed by atoms with Crippen LogP contribution >= 0.6 is 0 Å². The smallest absolute Gasteiger partial charge is 0.101 e. The van der Waals surface area contributed by atoms with Gasteiger partial charge in [0.2, 0.25) is 0 Å². The summed E-state index contributed by atoms with van der Waals surface area (Å²) in [5, 5.41) is 13.7. The second kappa shape index (κ2) is 3.74. The fourth-order valence-electron chi connectivity index (χ4n) is 2.11. The zero-order chi connectivity index (χ0) is 11.8. The van der Waals surface area contributed by atoms with Gasteiger partial charge in [-0.05, 0) is 37.5 Å². The molecular weight excluding hydrogens is 210 g/mol. The summed E-state index contributed by atoms with van der Waals surface area (Å²) in [7, 11) is 0. The number of rotatable bonds is 2. The van der Waals surface area contributed by atoms with Gasteiger partial charge in [-0.2, -0.15) is 10.4 Å². The third kappa shape index (κ3) is 1.72. The summed E-state index contributed by atoms with van der Waals surface area (Å²) in [6, 6.07) is 10.0. The van der Waals surface area contributed by atoms with Gasteiger partial charge in [0.25, 0.3) is 0 Å². The second-order valence-electron chi connectivity index (χ2n) is 4.54. The number of nitriles is 1. The van der Waals surface area contributed by atoms with Crippen molar-refractivity contribution >= 4 is 0 Å². The van der Waals surface area contributed by atoms with Crippen LogP contribution in [0.3, 0.4) is 0 Å². The van der Waals surface area contributed by atoms with Crippen molar-refractivity contribution in [3.05, 3.63) is 47.3 Å². The van der Waals surface area contributed by atoms with Gasteiger partial charge in [-0.1, -0.05) is 12.1 Å². The number of para-hydroxylation sites is 1. The highest BCUT2D eigenvalue weighted by Gasteiger charge is 2.26. The molecule has 1 aromatic carbocycles. The van der Waals surface area contributed by atoms with Crippen molar-refractivity contribution in [2.24, 2.45) is 0 Å². The molecule has 17 heavy (non-hydrogen) atoms. The van der Waals surface area contributed by atoms with Crippen LogP contribution in [0.5, 0.6) is 0 Å². The Kier molecular flexibility index (Phi) is 2.22. The molecule has 0 N–H and O–H groups in total. The summed E-state index contributed by atoms with van der Waals surface area (Å²) in [4.78, 5) is 0. The molecule has 1 heterocycles. The van der Waals surface area contributed by atoms with Crippen LogP contribution < -0.4 is 0 Å². The topological polar surface area (TPSA) is 41.6 Å². The van der Waals surface area contributed by atoms with Gasteiger partial charge in [-0.25, -0.2) is 4.68 Å². The van der Waals surface area contributed by atoms with Gasteiger partial charge in [0, 0.05) is 12.1 Å². The van der Waals surface area contributed by atoms with E-state index in [9.17, 15) is 0 Å². The van der Waals surface area contributed by atoms with Crippen LogP contribution in [0.15, 0.2) is 30.5 Å². The molecule has 0 atom stereocenters. The average Bonchev–Trinajstić information content (AvgIpc) is 3.08. The molecule has 1 fully saturated rings. The summed E-state index contributed by atoms with van der Waals surface area (Å²) >= 11 is 0. The molecule has 2 aromatic rings. The summed E-state index contributed by atoms with van der Waals surface area (Å²) in [5.41, 5.74) is 3.81. The molecule has 0 amide bonds. The zero-order valence-corrected chi connectivity index (χ0v) is 9.72. The van der Waals surface area contributed by atoms with Crippen LogP contribution in [0.4, 0.5) is 0 Å². The number of aromatic nitrogens is 2. The molecule has 1 aromatic heterocycles. The maximum atomic E-state index is 9.14. The van der Waals surface area contributed by atoms with E-state index in [1.165, 1.54) is 12.8 Å². The normalized spacial score (nSPS) is 14.6. The Morgan fingerprint density at radius 2 is 2.18 bits per heavy atom. The molecule has 0 aliphatic heterocycles. The Hall–Kier alpha value is -2.08. The lowest BCUT2D eigenvalue weighted by molar-refractivity contribution is 0.830. The maximum Gasteiger partial charge on any atom is 0.101 e. The van der Waals surface area contributed by atoms with Gasteiger partial charge in [-0.15, -0.1) is 0 Å². The predicted octanol–water partition coefficient (Wildman–Crippen LogP) is 2.93. The molecule has 1 aliphatic rings. The summed E-state index contributed by atoms with van der Waals surface area (Å²) in [5.74, 6) is 0.644. The largest absolute Gasteiger partial charge is 0.239 e. The lowest BCUT2D eigenvalue weighted by atomic mass is 10.1. The number of hydrogen-bond donors (Lipinski definition) is 0. The SMILES string of the molecule is Cc1cccc(C#N)c1-n1ccc(C2CC2)n1. The molecule has 1 saturated carbocycles. The standard InChI is InChI=1S/C14H13N3/c1-10-3-2-4-12(9-15)14(10)17-8-7-13(16-17)11-5-6-11/h2-4,7-8,11H,5-6H2,1H3. The average molecular weight is 223 g/mol. The van der Waals surface area contributed by atoms with Gasteiger partial charge < -0.3 is 0 Å². The van der Waals surface area contributed by atoms with Crippen LogP contribution in [-0.2, 0) is 0 Å². The Bertz CT molecular complexity index is 600. The molecular formula is C14H13N3. The van der Waals surface area contributed by atoms with Gasteiger partial charge in [-0.3, -0.25) is 0 Å². The number of aryl methyl sites for hydroxylation is 1. The minimum atomic E-state index is 0.644. The Balaban J connectivity index is 2.10. The highest BCUT2D eigenvalue weighted by Crippen LogP contribution is 2.39. The molecule has 84 valence electrons. The molecule has 0 spiro atoms. The Morgan fingerprint density at radius 3 is 2.88 bits per heavy atom. The fraction of sp³-hybridized carbons (Fsp3) is 0.286. The molecule has 3 nitrogen and oxygen atoms in total. The van der Waals surface area contributed by atoms with E-state index in [-0.39, 0.29) is 0 Å². The summed E-state index contributed by atoms with van der Waals surface area (Å²) in [6.07, 6.45) is 4.45. The van der Waals surface area contributed by atoms with Crippen LogP contribution in [0.1, 0.15) is 35.6 Å². The van der Waals surface area contributed by atoms with Crippen molar-refractivity contribution in [3.63, 3.8) is 0 Å². The molecule has 3 rings (SSSR count). The number of hydrogen-bond acceptors (Lipinski definition) is 2. The van der Waals surface area contributed by atoms with Gasteiger partial charge in [0.15, 0.2) is 0 Å². The highest BCUT2D eigenvalue weighted by molar-refractivity contribution is 5.53. The third-order valence-electron chi connectivity index (χ3n) is 3.19. The van der Waals surface area contributed by atoms with Crippen molar-refractivity contribution in [2.45, 2.75) is 25.7 Å². The van der Waals surface area contributed by atoms with E-state index in [2.05, 4.69) is 17.2 Å². The van der Waals surface area contributed by atoms with E-state index >= 15 is 0 Å². The first-order chi connectivity index (χ1) is 8.29. The van der Waals surface area contributed by atoms with Crippen LogP contribution in [0.2, 0.25) is 0 Å². The molecule has 0 radical (unpaired) electrons. The maximum absolute atomic E-state index is 9.14. The van der Waals surface area contributed by atoms with Gasteiger partial charge in [0.1, 0.15) is 6.07 Å². The van der Waals surface area contributed by atoms with E-state index in [1.807, 2.05) is 36.0 Å². The van der Waals surface area contributed by atoms with Crippen LogP contribution in [0.25, 0.3) is 5.69 Å². The summed E-state index contributed by atoms with van der Waals surface area (Å²) in [6.45, 7) is 2.01. The van der Waals surface area contributed by atoms with E-state index < -0.39 is 0 Å². The van der Waals surface area contributed by atoms with Gasteiger partial charge >= 0.3 is 0 Å². The van der Waals surface area contributed by atoms with E-state index in [0.717, 1.165) is 16.9 Å². The highest BCUT2D eigenvalue weighted by atomic mass is 15.3. The lowest BCUT2D eigenvalue weighted by Gasteiger charge is -2.07. The Morgan fingerprint density at radius 1 is 1.35 bits per heavy atom. The van der Waals surface area contributed by atoms with Crippen molar-refractivity contribution in [2.75, 3.05) is 0 Å². The number of nitrogens with zero attached hydrogens (tertiary/aromatic N) is 3. The molecule has 0 saturated heterocycles. The molecule has 3 heteroatoms. The first kappa shape index (κ1) is 10.1. The first-order valence-corrected chi connectivity index (χ1v) is 5.85. The second-order valence-corrected chi connectivity index (χ2v) is 4.54. The van der Waals surface area contributed by atoms with Crippen molar-refractivity contribution in [3.8, 4) is 11.8 Å². The third-order valence-corrected chi connectivity index (χ3v) is 3.19. The minimum absolute atomic E-state index is 0.644. The number of benzene rings is 1. The molecule has 0 bridgehead atoms. The first-order valence-electron chi connectivity index (χ1n) is 5.85. The minimum Gasteiger partial charge on any atom is -0.239 e. The van der Waals surface area contributed by atoms with Crippen molar-refractivity contribution in [1.82, 2.24) is 9.78 Å². The molecule has 0 unspecified atom stereocenters. The van der Waals surface area contributed by atoms with E-state index in [4.69, 9.17) is 5.26 Å². The fourth-order valence-corrected chi connectivity index (χ4v) is 2.11. The quantitative estimate of drug-likeness (QED) is 0.785.